The molecule has 0 aromatic carbocycles. The fourth-order valence-corrected chi connectivity index (χ4v) is 2.27. The van der Waals surface area contributed by atoms with Crippen LogP contribution in [0.1, 0.15) is 25.1 Å². The third-order valence-corrected chi connectivity index (χ3v) is 3.24. The number of nitrogens with two attached hydrogens (primary N) is 1. The third-order valence-electron chi connectivity index (χ3n) is 2.31. The molecule has 15 heavy (non-hydrogen) atoms. The monoisotopic (exact) mass is 228 g/mol. The second-order valence-electron chi connectivity index (χ2n) is 4.19. The predicted molar refractivity (Wildman–Crippen MR) is 65.9 cm³/mol. The number of hydrogen-bond acceptors (Lipinski definition) is 4. The fraction of sp³-hybridized carbons (Fsp3) is 0.636. The van der Waals surface area contributed by atoms with E-state index < -0.39 is 0 Å². The standard InChI is InChI=1S/C11H20N2OS/c1-8(2)5-9(7-14)13-6-11-10(12)3-4-15-11/h3-4,8-9,13-14H,5-7,12H2,1-2H3. The normalized spacial score (nSPS) is 13.3. The molecule has 0 fully saturated rings. The van der Waals surface area contributed by atoms with Crippen LogP contribution in [0.5, 0.6) is 0 Å². The van der Waals surface area contributed by atoms with E-state index in [9.17, 15) is 5.11 Å². The van der Waals surface area contributed by atoms with Gasteiger partial charge >= 0.3 is 0 Å². The largest absolute Gasteiger partial charge is 0.398 e. The Kier molecular flexibility index (Phi) is 5.08. The number of hydrogen-bond donors (Lipinski definition) is 3. The van der Waals surface area contributed by atoms with Crippen molar-refractivity contribution in [2.24, 2.45) is 5.92 Å². The first-order chi connectivity index (χ1) is 7.13. The fourth-order valence-electron chi connectivity index (χ4n) is 1.52. The lowest BCUT2D eigenvalue weighted by molar-refractivity contribution is 0.224. The summed E-state index contributed by atoms with van der Waals surface area (Å²) in [6, 6.07) is 2.09. The van der Waals surface area contributed by atoms with Gasteiger partial charge in [-0.15, -0.1) is 11.3 Å². The van der Waals surface area contributed by atoms with Gasteiger partial charge in [-0.3, -0.25) is 0 Å². The van der Waals surface area contributed by atoms with E-state index in [0.29, 0.717) is 5.92 Å². The number of aliphatic hydroxyl groups is 1. The summed E-state index contributed by atoms with van der Waals surface area (Å²) in [6.45, 7) is 5.25. The Morgan fingerprint density at radius 3 is 2.73 bits per heavy atom. The lowest BCUT2D eigenvalue weighted by Gasteiger charge is -2.17. The van der Waals surface area contributed by atoms with Crippen LogP contribution in [0.3, 0.4) is 0 Å². The van der Waals surface area contributed by atoms with Crippen LogP contribution in [-0.2, 0) is 6.54 Å². The average Bonchev–Trinajstić information content (AvgIpc) is 2.58. The van der Waals surface area contributed by atoms with E-state index in [-0.39, 0.29) is 12.6 Å². The Morgan fingerprint density at radius 1 is 1.53 bits per heavy atom. The lowest BCUT2D eigenvalue weighted by Crippen LogP contribution is -2.33. The van der Waals surface area contributed by atoms with E-state index in [1.165, 1.54) is 0 Å². The quantitative estimate of drug-likeness (QED) is 0.696. The summed E-state index contributed by atoms with van der Waals surface area (Å²) >= 11 is 1.65. The highest BCUT2D eigenvalue weighted by Gasteiger charge is 2.10. The van der Waals surface area contributed by atoms with Crippen molar-refractivity contribution >= 4 is 17.0 Å². The number of rotatable bonds is 6. The van der Waals surface area contributed by atoms with Crippen molar-refractivity contribution in [3.63, 3.8) is 0 Å². The zero-order chi connectivity index (χ0) is 11.3. The number of nitrogens with one attached hydrogen (secondary N) is 1. The molecule has 0 aliphatic rings. The van der Waals surface area contributed by atoms with Crippen LogP contribution in [0.15, 0.2) is 11.4 Å². The topological polar surface area (TPSA) is 58.3 Å². The average molecular weight is 228 g/mol. The van der Waals surface area contributed by atoms with Crippen molar-refractivity contribution in [3.8, 4) is 0 Å². The summed E-state index contributed by atoms with van der Waals surface area (Å²) in [5.74, 6) is 0.593. The molecule has 86 valence electrons. The van der Waals surface area contributed by atoms with Crippen LogP contribution in [-0.4, -0.2) is 17.8 Å². The Morgan fingerprint density at radius 2 is 2.27 bits per heavy atom. The molecule has 4 heteroatoms. The van der Waals surface area contributed by atoms with E-state index >= 15 is 0 Å². The second kappa shape index (κ2) is 6.10. The molecule has 1 atom stereocenters. The zero-order valence-electron chi connectivity index (χ0n) is 9.36. The molecular formula is C11H20N2OS. The first-order valence-electron chi connectivity index (χ1n) is 5.29. The highest BCUT2D eigenvalue weighted by atomic mass is 32.1. The highest BCUT2D eigenvalue weighted by Crippen LogP contribution is 2.18. The Labute approximate surface area is 95.3 Å². The molecule has 1 heterocycles. The molecule has 0 bridgehead atoms. The first-order valence-corrected chi connectivity index (χ1v) is 6.17. The minimum atomic E-state index is 0.173. The molecule has 0 aliphatic heterocycles. The van der Waals surface area contributed by atoms with Crippen molar-refractivity contribution in [1.29, 1.82) is 0 Å². The summed E-state index contributed by atoms with van der Waals surface area (Å²) in [4.78, 5) is 1.15. The van der Waals surface area contributed by atoms with Gasteiger partial charge in [0.25, 0.3) is 0 Å². The van der Waals surface area contributed by atoms with Gasteiger partial charge in [0.2, 0.25) is 0 Å². The van der Waals surface area contributed by atoms with E-state index in [2.05, 4.69) is 19.2 Å². The molecule has 1 aromatic heterocycles. The van der Waals surface area contributed by atoms with Crippen LogP contribution in [0, 0.1) is 5.92 Å². The number of anilines is 1. The van der Waals surface area contributed by atoms with Crippen molar-refractivity contribution in [2.75, 3.05) is 12.3 Å². The van der Waals surface area contributed by atoms with Crippen molar-refractivity contribution in [2.45, 2.75) is 32.9 Å². The van der Waals surface area contributed by atoms with Crippen LogP contribution in [0.2, 0.25) is 0 Å². The van der Waals surface area contributed by atoms with Crippen LogP contribution in [0.4, 0.5) is 5.69 Å². The molecule has 0 saturated carbocycles. The summed E-state index contributed by atoms with van der Waals surface area (Å²) in [7, 11) is 0. The SMILES string of the molecule is CC(C)CC(CO)NCc1sccc1N. The molecular weight excluding hydrogens is 208 g/mol. The maximum absolute atomic E-state index is 9.18. The van der Waals surface area contributed by atoms with Crippen molar-refractivity contribution in [1.82, 2.24) is 5.32 Å². The zero-order valence-corrected chi connectivity index (χ0v) is 10.2. The predicted octanol–water partition coefficient (Wildman–Crippen LogP) is 1.83. The Bertz CT molecular complexity index is 286. The molecule has 0 radical (unpaired) electrons. The molecule has 0 aliphatic carbocycles. The van der Waals surface area contributed by atoms with Crippen molar-refractivity contribution in [3.05, 3.63) is 16.3 Å². The van der Waals surface area contributed by atoms with Gasteiger partial charge < -0.3 is 16.2 Å². The van der Waals surface area contributed by atoms with E-state index in [0.717, 1.165) is 23.5 Å². The van der Waals surface area contributed by atoms with Gasteiger partial charge in [-0.1, -0.05) is 13.8 Å². The van der Waals surface area contributed by atoms with Gasteiger partial charge in [0.1, 0.15) is 0 Å². The molecule has 4 N–H and O–H groups in total. The van der Waals surface area contributed by atoms with Gasteiger partial charge in [0.05, 0.1) is 6.61 Å². The molecule has 3 nitrogen and oxygen atoms in total. The summed E-state index contributed by atoms with van der Waals surface area (Å²) in [5.41, 5.74) is 6.62. The number of nitrogen functional groups attached to an aromatic ring is 1. The molecule has 0 spiro atoms. The van der Waals surface area contributed by atoms with Gasteiger partial charge in [0.15, 0.2) is 0 Å². The molecule has 1 unspecified atom stereocenters. The highest BCUT2D eigenvalue weighted by molar-refractivity contribution is 7.10. The molecule has 0 saturated heterocycles. The van der Waals surface area contributed by atoms with E-state index in [1.54, 1.807) is 11.3 Å². The van der Waals surface area contributed by atoms with Gasteiger partial charge in [0, 0.05) is 23.2 Å². The summed E-state index contributed by atoms with van der Waals surface area (Å²) < 4.78 is 0. The van der Waals surface area contributed by atoms with E-state index in [1.807, 2.05) is 11.4 Å². The third kappa shape index (κ3) is 4.20. The minimum absolute atomic E-state index is 0.173. The van der Waals surface area contributed by atoms with Crippen molar-refractivity contribution < 1.29 is 5.11 Å². The molecule has 1 aromatic rings. The first kappa shape index (κ1) is 12.5. The second-order valence-corrected chi connectivity index (χ2v) is 5.19. The van der Waals surface area contributed by atoms with Gasteiger partial charge in [-0.25, -0.2) is 0 Å². The van der Waals surface area contributed by atoms with Crippen LogP contribution >= 0.6 is 11.3 Å². The Balaban J connectivity index is 2.37. The lowest BCUT2D eigenvalue weighted by atomic mass is 10.0. The van der Waals surface area contributed by atoms with E-state index in [4.69, 9.17) is 5.73 Å². The van der Waals surface area contributed by atoms with Gasteiger partial charge in [-0.05, 0) is 23.8 Å². The smallest absolute Gasteiger partial charge is 0.0584 e. The van der Waals surface area contributed by atoms with Crippen LogP contribution in [0.25, 0.3) is 0 Å². The molecule has 1 rings (SSSR count). The molecule has 0 amide bonds. The number of aliphatic hydroxyl groups excluding tert-OH is 1. The summed E-state index contributed by atoms with van der Waals surface area (Å²) in [5, 5.41) is 14.5. The maximum atomic E-state index is 9.18. The maximum Gasteiger partial charge on any atom is 0.0584 e. The van der Waals surface area contributed by atoms with Gasteiger partial charge in [-0.2, -0.15) is 0 Å². The summed E-state index contributed by atoms with van der Waals surface area (Å²) in [6.07, 6.45) is 0.988. The minimum Gasteiger partial charge on any atom is -0.398 e. The number of thiophene rings is 1. The van der Waals surface area contributed by atoms with Crippen LogP contribution < -0.4 is 11.1 Å². The Hall–Kier alpha value is -0.580.